The fourth-order valence-electron chi connectivity index (χ4n) is 2.92. The molecule has 1 aromatic carbocycles. The van der Waals surface area contributed by atoms with Gasteiger partial charge in [-0.3, -0.25) is 0 Å². The van der Waals surface area contributed by atoms with Crippen molar-refractivity contribution in [3.8, 4) is 0 Å². The predicted octanol–water partition coefficient (Wildman–Crippen LogP) is 3.74. The average molecular weight is 260 g/mol. The molecule has 0 saturated carbocycles. The third-order valence-corrected chi connectivity index (χ3v) is 4.80. The van der Waals surface area contributed by atoms with Crippen molar-refractivity contribution in [2.45, 2.75) is 39.5 Å². The van der Waals surface area contributed by atoms with Gasteiger partial charge in [-0.1, -0.05) is 32.9 Å². The Morgan fingerprint density at radius 2 is 1.89 bits per heavy atom. The van der Waals surface area contributed by atoms with Gasteiger partial charge in [-0.15, -0.1) is 0 Å². The smallest absolute Gasteiger partial charge is 0.0314 e. The number of nitrogen functional groups attached to an aromatic ring is 1. The molecule has 1 aliphatic rings. The van der Waals surface area contributed by atoms with E-state index in [0.717, 1.165) is 17.5 Å². The molecule has 1 fully saturated rings. The molecular weight excluding hydrogens is 232 g/mol. The summed E-state index contributed by atoms with van der Waals surface area (Å²) in [6, 6.07) is 8.36. The lowest BCUT2D eigenvalue weighted by molar-refractivity contribution is 0.135. The lowest BCUT2D eigenvalue weighted by Crippen LogP contribution is -2.39. The van der Waals surface area contributed by atoms with E-state index in [1.54, 1.807) is 0 Å². The minimum Gasteiger partial charge on any atom is -0.399 e. The molecular formula is C17H28N2. The minimum absolute atomic E-state index is 0.621. The molecule has 3 atom stereocenters. The summed E-state index contributed by atoms with van der Waals surface area (Å²) in [6.07, 6.45) is 2.60. The summed E-state index contributed by atoms with van der Waals surface area (Å²) in [5.41, 5.74) is 8.00. The monoisotopic (exact) mass is 260 g/mol. The Labute approximate surface area is 118 Å². The van der Waals surface area contributed by atoms with Crippen molar-refractivity contribution in [3.63, 3.8) is 0 Å². The van der Waals surface area contributed by atoms with Crippen LogP contribution in [0.3, 0.4) is 0 Å². The van der Waals surface area contributed by atoms with Crippen LogP contribution in [-0.2, 0) is 0 Å². The first-order valence-corrected chi connectivity index (χ1v) is 7.64. The number of hydrogen-bond acceptors (Lipinski definition) is 2. The van der Waals surface area contributed by atoms with E-state index in [2.05, 4.69) is 37.8 Å². The highest BCUT2D eigenvalue weighted by Crippen LogP contribution is 2.25. The number of nitrogens with zero attached hydrogens (tertiary/aromatic N) is 1. The Bertz CT molecular complexity index is 385. The molecule has 2 nitrogen and oxygen atoms in total. The molecule has 0 spiro atoms. The summed E-state index contributed by atoms with van der Waals surface area (Å²) in [4.78, 5) is 2.64. The second kappa shape index (κ2) is 6.42. The zero-order chi connectivity index (χ0) is 13.8. The van der Waals surface area contributed by atoms with E-state index in [1.165, 1.54) is 38.0 Å². The normalized spacial score (nSPS) is 26.3. The van der Waals surface area contributed by atoms with Gasteiger partial charge in [0.15, 0.2) is 0 Å². The van der Waals surface area contributed by atoms with Crippen LogP contribution >= 0.6 is 0 Å². The van der Waals surface area contributed by atoms with Crippen molar-refractivity contribution in [2.24, 2.45) is 11.8 Å². The van der Waals surface area contributed by atoms with Crippen LogP contribution in [0.4, 0.5) is 5.69 Å². The van der Waals surface area contributed by atoms with Crippen molar-refractivity contribution in [3.05, 3.63) is 29.8 Å². The van der Waals surface area contributed by atoms with E-state index in [0.29, 0.717) is 5.92 Å². The number of piperidine rings is 1. The number of likely N-dealkylation sites (tertiary alicyclic amines) is 1. The molecule has 2 heteroatoms. The SMILES string of the molecule is CC(CCN1CCC(C)C(C)C1)c1ccc(N)cc1. The molecule has 2 rings (SSSR count). The van der Waals surface area contributed by atoms with Gasteiger partial charge in [0, 0.05) is 12.2 Å². The van der Waals surface area contributed by atoms with Crippen LogP contribution in [0.15, 0.2) is 24.3 Å². The molecule has 0 radical (unpaired) electrons. The van der Waals surface area contributed by atoms with Crippen LogP contribution in [0.5, 0.6) is 0 Å². The maximum atomic E-state index is 5.74. The second-order valence-corrected chi connectivity index (χ2v) is 6.40. The fraction of sp³-hybridized carbons (Fsp3) is 0.647. The van der Waals surface area contributed by atoms with Crippen molar-refractivity contribution in [2.75, 3.05) is 25.4 Å². The van der Waals surface area contributed by atoms with Crippen LogP contribution in [0.25, 0.3) is 0 Å². The molecule has 0 amide bonds. The molecule has 0 aliphatic carbocycles. The summed E-state index contributed by atoms with van der Waals surface area (Å²) >= 11 is 0. The lowest BCUT2D eigenvalue weighted by Gasteiger charge is -2.35. The molecule has 2 N–H and O–H groups in total. The number of nitrogens with two attached hydrogens (primary N) is 1. The zero-order valence-corrected chi connectivity index (χ0v) is 12.6. The number of benzene rings is 1. The van der Waals surface area contributed by atoms with Gasteiger partial charge < -0.3 is 10.6 Å². The lowest BCUT2D eigenvalue weighted by atomic mass is 9.88. The van der Waals surface area contributed by atoms with Crippen LogP contribution in [0.2, 0.25) is 0 Å². The molecule has 1 aromatic rings. The topological polar surface area (TPSA) is 29.3 Å². The maximum Gasteiger partial charge on any atom is 0.0314 e. The third-order valence-electron chi connectivity index (χ3n) is 4.80. The van der Waals surface area contributed by atoms with E-state index in [4.69, 9.17) is 5.73 Å². The standard InChI is InChI=1S/C17H28N2/c1-13-8-10-19(12-15(13)3)11-9-14(2)16-4-6-17(18)7-5-16/h4-7,13-15H,8-12,18H2,1-3H3. The molecule has 0 aromatic heterocycles. The predicted molar refractivity (Wildman–Crippen MR) is 83.3 cm³/mol. The maximum absolute atomic E-state index is 5.74. The van der Waals surface area contributed by atoms with E-state index < -0.39 is 0 Å². The van der Waals surface area contributed by atoms with E-state index in [-0.39, 0.29) is 0 Å². The van der Waals surface area contributed by atoms with Gasteiger partial charge in [0.25, 0.3) is 0 Å². The van der Waals surface area contributed by atoms with Crippen LogP contribution in [0.1, 0.15) is 45.1 Å². The Morgan fingerprint density at radius 1 is 1.21 bits per heavy atom. The Balaban J connectivity index is 1.80. The van der Waals surface area contributed by atoms with Crippen molar-refractivity contribution in [1.82, 2.24) is 4.90 Å². The Morgan fingerprint density at radius 3 is 2.53 bits per heavy atom. The molecule has 3 unspecified atom stereocenters. The largest absolute Gasteiger partial charge is 0.399 e. The minimum atomic E-state index is 0.621. The van der Waals surface area contributed by atoms with Crippen LogP contribution < -0.4 is 5.73 Å². The molecule has 19 heavy (non-hydrogen) atoms. The Hall–Kier alpha value is -1.02. The first kappa shape index (κ1) is 14.4. The molecule has 0 bridgehead atoms. The van der Waals surface area contributed by atoms with Crippen molar-refractivity contribution in [1.29, 1.82) is 0 Å². The van der Waals surface area contributed by atoms with Crippen LogP contribution in [0, 0.1) is 11.8 Å². The Kier molecular flexibility index (Phi) is 4.87. The van der Waals surface area contributed by atoms with Gasteiger partial charge in [0.2, 0.25) is 0 Å². The fourth-order valence-corrected chi connectivity index (χ4v) is 2.92. The summed E-state index contributed by atoms with van der Waals surface area (Å²) < 4.78 is 0. The second-order valence-electron chi connectivity index (χ2n) is 6.40. The van der Waals surface area contributed by atoms with Gasteiger partial charge in [0.1, 0.15) is 0 Å². The molecule has 1 heterocycles. The highest BCUT2D eigenvalue weighted by atomic mass is 15.1. The third kappa shape index (κ3) is 3.97. The van der Waals surface area contributed by atoms with Crippen LogP contribution in [-0.4, -0.2) is 24.5 Å². The first-order valence-electron chi connectivity index (χ1n) is 7.64. The van der Waals surface area contributed by atoms with Gasteiger partial charge in [0.05, 0.1) is 0 Å². The summed E-state index contributed by atoms with van der Waals surface area (Å²) in [6.45, 7) is 10.9. The number of hydrogen-bond donors (Lipinski definition) is 1. The van der Waals surface area contributed by atoms with Crippen molar-refractivity contribution < 1.29 is 0 Å². The quantitative estimate of drug-likeness (QED) is 0.836. The number of anilines is 1. The summed E-state index contributed by atoms with van der Waals surface area (Å²) in [5, 5.41) is 0. The summed E-state index contributed by atoms with van der Waals surface area (Å²) in [7, 11) is 0. The van der Waals surface area contributed by atoms with E-state index in [1.807, 2.05) is 12.1 Å². The van der Waals surface area contributed by atoms with Crippen molar-refractivity contribution >= 4 is 5.69 Å². The van der Waals surface area contributed by atoms with E-state index >= 15 is 0 Å². The average Bonchev–Trinajstić information content (AvgIpc) is 2.40. The van der Waals surface area contributed by atoms with Gasteiger partial charge >= 0.3 is 0 Å². The zero-order valence-electron chi connectivity index (χ0n) is 12.6. The van der Waals surface area contributed by atoms with Gasteiger partial charge in [-0.2, -0.15) is 0 Å². The molecule has 1 aliphatic heterocycles. The first-order chi connectivity index (χ1) is 9.06. The summed E-state index contributed by atoms with van der Waals surface area (Å²) in [5.74, 6) is 2.36. The molecule has 1 saturated heterocycles. The van der Waals surface area contributed by atoms with E-state index in [9.17, 15) is 0 Å². The highest BCUT2D eigenvalue weighted by Gasteiger charge is 2.22. The number of rotatable bonds is 4. The van der Waals surface area contributed by atoms with Gasteiger partial charge in [-0.05, 0) is 61.4 Å². The highest BCUT2D eigenvalue weighted by molar-refractivity contribution is 5.40. The van der Waals surface area contributed by atoms with Gasteiger partial charge in [-0.25, -0.2) is 0 Å². The molecule has 106 valence electrons.